The molecule has 6 heteroatoms. The van der Waals surface area contributed by atoms with E-state index in [4.69, 9.17) is 9.47 Å². The summed E-state index contributed by atoms with van der Waals surface area (Å²) in [5.41, 5.74) is 0.457. The molecule has 0 unspecified atom stereocenters. The lowest BCUT2D eigenvalue weighted by molar-refractivity contribution is -0.142. The molecule has 0 spiro atoms. The monoisotopic (exact) mass is 359 g/mol. The topological polar surface area (TPSA) is 64.6 Å². The number of amides is 1. The van der Waals surface area contributed by atoms with Crippen LogP contribution in [0.2, 0.25) is 0 Å². The molecule has 0 saturated heterocycles. The molecule has 1 N–H and O–H groups in total. The van der Waals surface area contributed by atoms with Crippen LogP contribution in [0.4, 0.5) is 0 Å². The van der Waals surface area contributed by atoms with Crippen molar-refractivity contribution in [3.05, 3.63) is 60.2 Å². The minimum Gasteiger partial charge on any atom is -0.467 e. The van der Waals surface area contributed by atoms with Gasteiger partial charge < -0.3 is 14.8 Å². The first kappa shape index (κ1) is 18.9. The van der Waals surface area contributed by atoms with Crippen LogP contribution in [-0.4, -0.2) is 37.0 Å². The second-order valence-corrected chi connectivity index (χ2v) is 6.26. The summed E-state index contributed by atoms with van der Waals surface area (Å²) < 4.78 is 10.4. The fourth-order valence-corrected chi connectivity index (χ4v) is 2.64. The number of esters is 1. The van der Waals surface area contributed by atoms with Crippen molar-refractivity contribution in [2.24, 2.45) is 0 Å². The quantitative estimate of drug-likeness (QED) is 0.731. The third kappa shape index (κ3) is 5.83. The molecule has 1 atom stereocenters. The Balaban J connectivity index is 2.00. The molecule has 0 heterocycles. The van der Waals surface area contributed by atoms with Crippen LogP contribution in [-0.2, 0) is 9.53 Å². The van der Waals surface area contributed by atoms with Crippen molar-refractivity contribution < 1.29 is 19.1 Å². The highest BCUT2D eigenvalue weighted by Gasteiger charge is 2.21. The normalized spacial score (nSPS) is 11.4. The zero-order valence-corrected chi connectivity index (χ0v) is 15.0. The van der Waals surface area contributed by atoms with Crippen molar-refractivity contribution in [1.82, 2.24) is 5.32 Å². The highest BCUT2D eigenvalue weighted by atomic mass is 32.2. The van der Waals surface area contributed by atoms with Crippen LogP contribution < -0.4 is 10.1 Å². The maximum absolute atomic E-state index is 12.3. The number of thioether (sulfide) groups is 1. The molecule has 0 aliphatic rings. The van der Waals surface area contributed by atoms with E-state index in [2.05, 4.69) is 5.32 Å². The molecule has 0 aliphatic heterocycles. The van der Waals surface area contributed by atoms with Crippen molar-refractivity contribution in [3.8, 4) is 11.5 Å². The summed E-state index contributed by atoms with van der Waals surface area (Å²) in [6.45, 7) is 0. The van der Waals surface area contributed by atoms with Crippen molar-refractivity contribution >= 4 is 23.6 Å². The molecular weight excluding hydrogens is 338 g/mol. The summed E-state index contributed by atoms with van der Waals surface area (Å²) in [7, 11) is 1.32. The van der Waals surface area contributed by atoms with Crippen molar-refractivity contribution in [3.63, 3.8) is 0 Å². The molecule has 0 fully saturated rings. The van der Waals surface area contributed by atoms with Gasteiger partial charge in [-0.05, 0) is 54.8 Å². The lowest BCUT2D eigenvalue weighted by Crippen LogP contribution is -2.41. The number of carbonyl (C=O) groups is 2. The van der Waals surface area contributed by atoms with Crippen molar-refractivity contribution in [1.29, 1.82) is 0 Å². The van der Waals surface area contributed by atoms with Gasteiger partial charge in [0.2, 0.25) is 0 Å². The Labute approximate surface area is 151 Å². The fourth-order valence-electron chi connectivity index (χ4n) is 2.17. The maximum atomic E-state index is 12.3. The van der Waals surface area contributed by atoms with E-state index in [0.717, 1.165) is 11.5 Å². The highest BCUT2D eigenvalue weighted by molar-refractivity contribution is 7.98. The lowest BCUT2D eigenvalue weighted by atomic mass is 10.1. The predicted octanol–water partition coefficient (Wildman–Crippen LogP) is 3.50. The molecule has 0 aromatic heterocycles. The standard InChI is InChI=1S/C19H21NO4S/c1-23-19(22)17(12-13-25-2)20-18(21)14-8-10-16(11-9-14)24-15-6-4-3-5-7-15/h3-11,17H,12-13H2,1-2H3,(H,20,21)/t17-/m0/s1. The van der Waals surface area contributed by atoms with E-state index >= 15 is 0 Å². The second kappa shape index (κ2) is 9.74. The number of nitrogens with one attached hydrogen (secondary N) is 1. The molecule has 0 bridgehead atoms. The molecule has 0 aliphatic carbocycles. The minimum absolute atomic E-state index is 0.317. The first-order valence-electron chi connectivity index (χ1n) is 7.84. The van der Waals surface area contributed by atoms with E-state index in [0.29, 0.717) is 17.7 Å². The average Bonchev–Trinajstić information content (AvgIpc) is 2.65. The van der Waals surface area contributed by atoms with Crippen LogP contribution in [0, 0.1) is 0 Å². The van der Waals surface area contributed by atoms with Gasteiger partial charge in [0.25, 0.3) is 5.91 Å². The fraction of sp³-hybridized carbons (Fsp3) is 0.263. The highest BCUT2D eigenvalue weighted by Crippen LogP contribution is 2.21. The molecule has 2 rings (SSSR count). The van der Waals surface area contributed by atoms with Gasteiger partial charge in [-0.3, -0.25) is 4.79 Å². The Morgan fingerprint density at radius 1 is 1.04 bits per heavy atom. The number of para-hydroxylation sites is 1. The van der Waals surface area contributed by atoms with Gasteiger partial charge >= 0.3 is 5.97 Å². The van der Waals surface area contributed by atoms with Crippen molar-refractivity contribution in [2.45, 2.75) is 12.5 Å². The van der Waals surface area contributed by atoms with Crippen molar-refractivity contribution in [2.75, 3.05) is 19.1 Å². The SMILES string of the molecule is COC(=O)[C@H](CCSC)NC(=O)c1ccc(Oc2ccccc2)cc1. The predicted molar refractivity (Wildman–Crippen MR) is 99.2 cm³/mol. The first-order chi connectivity index (χ1) is 12.1. The number of hydrogen-bond donors (Lipinski definition) is 1. The number of methoxy groups -OCH3 is 1. The molecule has 1 amide bonds. The number of hydrogen-bond acceptors (Lipinski definition) is 5. The zero-order valence-electron chi connectivity index (χ0n) is 14.2. The Morgan fingerprint density at radius 2 is 1.68 bits per heavy atom. The first-order valence-corrected chi connectivity index (χ1v) is 9.24. The summed E-state index contributed by atoms with van der Waals surface area (Å²) in [5, 5.41) is 2.72. The van der Waals surface area contributed by atoms with Crippen LogP contribution in [0.15, 0.2) is 54.6 Å². The van der Waals surface area contributed by atoms with Crippen LogP contribution in [0.3, 0.4) is 0 Å². The molecular formula is C19H21NO4S. The molecule has 25 heavy (non-hydrogen) atoms. The van der Waals surface area contributed by atoms with E-state index in [1.54, 1.807) is 36.0 Å². The van der Waals surface area contributed by atoms with Gasteiger partial charge in [0, 0.05) is 5.56 Å². The van der Waals surface area contributed by atoms with Crippen LogP contribution in [0.5, 0.6) is 11.5 Å². The third-order valence-electron chi connectivity index (χ3n) is 3.50. The van der Waals surface area contributed by atoms with E-state index in [1.165, 1.54) is 7.11 Å². The van der Waals surface area contributed by atoms with Gasteiger partial charge in [-0.1, -0.05) is 18.2 Å². The van der Waals surface area contributed by atoms with Gasteiger partial charge in [0.05, 0.1) is 7.11 Å². The molecule has 2 aromatic rings. The molecule has 2 aromatic carbocycles. The Hall–Kier alpha value is -2.47. The zero-order chi connectivity index (χ0) is 18.1. The van der Waals surface area contributed by atoms with Gasteiger partial charge in [0.1, 0.15) is 17.5 Å². The smallest absolute Gasteiger partial charge is 0.328 e. The van der Waals surface area contributed by atoms with Crippen LogP contribution >= 0.6 is 11.8 Å². The Bertz CT molecular complexity index is 688. The van der Waals surface area contributed by atoms with E-state index in [1.807, 2.05) is 36.6 Å². The summed E-state index contributed by atoms with van der Waals surface area (Å²) in [5.74, 6) is 1.36. The van der Waals surface area contributed by atoms with E-state index in [9.17, 15) is 9.59 Å². The molecule has 132 valence electrons. The Morgan fingerprint density at radius 3 is 2.28 bits per heavy atom. The van der Waals surface area contributed by atoms with Gasteiger partial charge in [0.15, 0.2) is 0 Å². The second-order valence-electron chi connectivity index (χ2n) is 5.27. The average molecular weight is 359 g/mol. The van der Waals surface area contributed by atoms with Gasteiger partial charge in [-0.25, -0.2) is 4.79 Å². The van der Waals surface area contributed by atoms with E-state index < -0.39 is 12.0 Å². The van der Waals surface area contributed by atoms with Gasteiger partial charge in [-0.2, -0.15) is 11.8 Å². The summed E-state index contributed by atoms with van der Waals surface area (Å²) in [4.78, 5) is 24.1. The molecule has 0 radical (unpaired) electrons. The number of rotatable bonds is 8. The largest absolute Gasteiger partial charge is 0.467 e. The third-order valence-corrected chi connectivity index (χ3v) is 4.14. The van der Waals surface area contributed by atoms with Crippen LogP contribution in [0.1, 0.15) is 16.8 Å². The lowest BCUT2D eigenvalue weighted by Gasteiger charge is -2.16. The number of benzene rings is 2. The molecule has 0 saturated carbocycles. The van der Waals surface area contributed by atoms with E-state index in [-0.39, 0.29) is 5.91 Å². The van der Waals surface area contributed by atoms with Crippen LogP contribution in [0.25, 0.3) is 0 Å². The summed E-state index contributed by atoms with van der Waals surface area (Å²) in [6, 6.07) is 15.5. The summed E-state index contributed by atoms with van der Waals surface area (Å²) in [6.07, 6.45) is 2.47. The maximum Gasteiger partial charge on any atom is 0.328 e. The minimum atomic E-state index is -0.648. The molecule has 5 nitrogen and oxygen atoms in total. The van der Waals surface area contributed by atoms with Gasteiger partial charge in [-0.15, -0.1) is 0 Å². The number of ether oxygens (including phenoxy) is 2. The number of carbonyl (C=O) groups excluding carboxylic acids is 2. The Kier molecular flexibility index (Phi) is 7.35. The summed E-state index contributed by atoms with van der Waals surface area (Å²) >= 11 is 1.61.